The molecule has 2 atom stereocenters. The van der Waals surface area contributed by atoms with E-state index in [9.17, 15) is 14.7 Å². The first-order chi connectivity index (χ1) is 6.76. The standard InChI is InChI=1S/C10H14O5/c1-9(5-3-4-6(9)11)10(2,7(12)13)8(14)15/h3,5-6,11H,4H2,1-2H3,(H,12,13)(H,14,15)/t6-,9-/m1/s1. The van der Waals surface area contributed by atoms with Gasteiger partial charge in [0.15, 0.2) is 5.41 Å². The molecule has 0 aromatic carbocycles. The van der Waals surface area contributed by atoms with Crippen LogP contribution in [0, 0.1) is 10.8 Å². The van der Waals surface area contributed by atoms with Crippen molar-refractivity contribution in [1.82, 2.24) is 0 Å². The van der Waals surface area contributed by atoms with Gasteiger partial charge in [0.2, 0.25) is 0 Å². The van der Waals surface area contributed by atoms with Crippen LogP contribution in [0.1, 0.15) is 20.3 Å². The Kier molecular flexibility index (Phi) is 2.61. The third-order valence-corrected chi connectivity index (χ3v) is 3.45. The van der Waals surface area contributed by atoms with Crippen LogP contribution in [0.4, 0.5) is 0 Å². The van der Waals surface area contributed by atoms with Gasteiger partial charge in [0.1, 0.15) is 0 Å². The van der Waals surface area contributed by atoms with Crippen molar-refractivity contribution < 1.29 is 24.9 Å². The summed E-state index contributed by atoms with van der Waals surface area (Å²) in [5, 5.41) is 27.7. The van der Waals surface area contributed by atoms with E-state index >= 15 is 0 Å². The Bertz CT molecular complexity index is 319. The Labute approximate surface area is 87.0 Å². The van der Waals surface area contributed by atoms with E-state index in [0.717, 1.165) is 6.92 Å². The van der Waals surface area contributed by atoms with Crippen LogP contribution < -0.4 is 0 Å². The highest BCUT2D eigenvalue weighted by atomic mass is 16.4. The lowest BCUT2D eigenvalue weighted by molar-refractivity contribution is -0.175. The maximum absolute atomic E-state index is 11.1. The van der Waals surface area contributed by atoms with Crippen LogP contribution in [0.15, 0.2) is 12.2 Å². The lowest BCUT2D eigenvalue weighted by Gasteiger charge is -2.38. The lowest BCUT2D eigenvalue weighted by atomic mass is 9.64. The van der Waals surface area contributed by atoms with Crippen molar-refractivity contribution in [3.63, 3.8) is 0 Å². The molecule has 5 heteroatoms. The summed E-state index contributed by atoms with van der Waals surface area (Å²) < 4.78 is 0. The van der Waals surface area contributed by atoms with E-state index in [0.29, 0.717) is 0 Å². The van der Waals surface area contributed by atoms with E-state index < -0.39 is 28.9 Å². The molecule has 0 aliphatic heterocycles. The first-order valence-corrected chi connectivity index (χ1v) is 4.59. The SMILES string of the molecule is CC(C(=O)O)(C(=O)O)[C@]1(C)C=CC[C@H]1O. The monoisotopic (exact) mass is 214 g/mol. The molecule has 3 N–H and O–H groups in total. The second-order valence-electron chi connectivity index (χ2n) is 4.17. The molecule has 0 saturated heterocycles. The van der Waals surface area contributed by atoms with Crippen LogP contribution in [-0.2, 0) is 9.59 Å². The third kappa shape index (κ3) is 1.34. The molecular weight excluding hydrogens is 200 g/mol. The van der Waals surface area contributed by atoms with E-state index in [1.807, 2.05) is 0 Å². The summed E-state index contributed by atoms with van der Waals surface area (Å²) in [7, 11) is 0. The number of hydrogen-bond donors (Lipinski definition) is 3. The second kappa shape index (κ2) is 3.34. The van der Waals surface area contributed by atoms with Crippen molar-refractivity contribution in [2.24, 2.45) is 10.8 Å². The number of hydrogen-bond acceptors (Lipinski definition) is 3. The number of aliphatic hydroxyl groups is 1. The Hall–Kier alpha value is -1.36. The molecule has 5 nitrogen and oxygen atoms in total. The highest BCUT2D eigenvalue weighted by molar-refractivity contribution is 5.99. The predicted molar refractivity (Wildman–Crippen MR) is 51.2 cm³/mol. The number of carboxylic acid groups (broad SMARTS) is 2. The topological polar surface area (TPSA) is 94.8 Å². The van der Waals surface area contributed by atoms with Gasteiger partial charge in [-0.2, -0.15) is 0 Å². The van der Waals surface area contributed by atoms with Gasteiger partial charge >= 0.3 is 11.9 Å². The molecular formula is C10H14O5. The van der Waals surface area contributed by atoms with Crippen molar-refractivity contribution in [2.75, 3.05) is 0 Å². The molecule has 0 spiro atoms. The smallest absolute Gasteiger partial charge is 0.321 e. The maximum atomic E-state index is 11.1. The summed E-state index contributed by atoms with van der Waals surface area (Å²) in [4.78, 5) is 22.1. The van der Waals surface area contributed by atoms with Crippen molar-refractivity contribution in [3.05, 3.63) is 12.2 Å². The summed E-state index contributed by atoms with van der Waals surface area (Å²) in [6.07, 6.45) is 2.39. The zero-order valence-electron chi connectivity index (χ0n) is 8.60. The number of carbonyl (C=O) groups is 2. The van der Waals surface area contributed by atoms with Gasteiger partial charge in [-0.25, -0.2) is 0 Å². The Morgan fingerprint density at radius 1 is 1.40 bits per heavy atom. The number of aliphatic hydroxyl groups excluding tert-OH is 1. The van der Waals surface area contributed by atoms with Gasteiger partial charge in [-0.15, -0.1) is 0 Å². The summed E-state index contributed by atoms with van der Waals surface area (Å²) in [5.74, 6) is -2.88. The second-order valence-corrected chi connectivity index (χ2v) is 4.17. The highest BCUT2D eigenvalue weighted by Crippen LogP contribution is 2.47. The van der Waals surface area contributed by atoms with Crippen molar-refractivity contribution in [2.45, 2.75) is 26.4 Å². The van der Waals surface area contributed by atoms with Crippen LogP contribution in [0.5, 0.6) is 0 Å². The van der Waals surface area contributed by atoms with E-state index in [1.165, 1.54) is 13.0 Å². The molecule has 0 fully saturated rings. The van der Waals surface area contributed by atoms with Crippen LogP contribution in [0.2, 0.25) is 0 Å². The predicted octanol–water partition coefficient (Wildman–Crippen LogP) is 0.489. The first kappa shape index (κ1) is 11.7. The average Bonchev–Trinajstić information content (AvgIpc) is 2.46. The first-order valence-electron chi connectivity index (χ1n) is 4.59. The van der Waals surface area contributed by atoms with Crippen LogP contribution in [0.3, 0.4) is 0 Å². The van der Waals surface area contributed by atoms with E-state index in [-0.39, 0.29) is 6.42 Å². The highest BCUT2D eigenvalue weighted by Gasteiger charge is 2.59. The molecule has 0 radical (unpaired) electrons. The number of rotatable bonds is 3. The largest absolute Gasteiger partial charge is 0.480 e. The minimum absolute atomic E-state index is 0.284. The minimum atomic E-state index is -2.01. The molecule has 1 aliphatic carbocycles. The summed E-state index contributed by atoms with van der Waals surface area (Å²) in [5.41, 5.74) is -3.29. The summed E-state index contributed by atoms with van der Waals surface area (Å²) in [6, 6.07) is 0. The Morgan fingerprint density at radius 2 is 1.87 bits per heavy atom. The lowest BCUT2D eigenvalue weighted by Crippen LogP contribution is -2.53. The van der Waals surface area contributed by atoms with Crippen molar-refractivity contribution >= 4 is 11.9 Å². The summed E-state index contributed by atoms with van der Waals surface area (Å²) >= 11 is 0. The molecule has 0 aromatic heterocycles. The molecule has 0 aromatic rings. The van der Waals surface area contributed by atoms with Gasteiger partial charge in [-0.3, -0.25) is 9.59 Å². The molecule has 0 amide bonds. The fraction of sp³-hybridized carbons (Fsp3) is 0.600. The molecule has 1 rings (SSSR count). The van der Waals surface area contributed by atoms with Gasteiger partial charge in [0, 0.05) is 5.41 Å². The zero-order valence-corrected chi connectivity index (χ0v) is 8.60. The maximum Gasteiger partial charge on any atom is 0.321 e. The van der Waals surface area contributed by atoms with Crippen LogP contribution >= 0.6 is 0 Å². The quantitative estimate of drug-likeness (QED) is 0.469. The van der Waals surface area contributed by atoms with Gasteiger partial charge in [0.05, 0.1) is 6.10 Å². The minimum Gasteiger partial charge on any atom is -0.480 e. The normalized spacial score (nSPS) is 30.5. The zero-order chi connectivity index (χ0) is 11.9. The van der Waals surface area contributed by atoms with Gasteiger partial charge in [-0.1, -0.05) is 19.1 Å². The number of carboxylic acids is 2. The molecule has 0 heterocycles. The fourth-order valence-electron chi connectivity index (χ4n) is 1.85. The van der Waals surface area contributed by atoms with E-state index in [4.69, 9.17) is 10.2 Å². The van der Waals surface area contributed by atoms with Gasteiger partial charge in [-0.05, 0) is 13.3 Å². The number of aliphatic carboxylic acids is 2. The van der Waals surface area contributed by atoms with Gasteiger partial charge < -0.3 is 15.3 Å². The summed E-state index contributed by atoms with van der Waals surface area (Å²) in [6.45, 7) is 2.57. The molecule has 0 unspecified atom stereocenters. The van der Waals surface area contributed by atoms with Crippen LogP contribution in [-0.4, -0.2) is 33.4 Å². The third-order valence-electron chi connectivity index (χ3n) is 3.45. The van der Waals surface area contributed by atoms with Crippen molar-refractivity contribution in [3.8, 4) is 0 Å². The fourth-order valence-corrected chi connectivity index (χ4v) is 1.85. The average molecular weight is 214 g/mol. The Balaban J connectivity index is 3.27. The van der Waals surface area contributed by atoms with Crippen LogP contribution in [0.25, 0.3) is 0 Å². The van der Waals surface area contributed by atoms with Gasteiger partial charge in [0.25, 0.3) is 0 Å². The Morgan fingerprint density at radius 3 is 2.13 bits per heavy atom. The van der Waals surface area contributed by atoms with E-state index in [1.54, 1.807) is 6.08 Å². The molecule has 84 valence electrons. The molecule has 1 aliphatic rings. The molecule has 15 heavy (non-hydrogen) atoms. The van der Waals surface area contributed by atoms with E-state index in [2.05, 4.69) is 0 Å². The van der Waals surface area contributed by atoms with Crippen molar-refractivity contribution in [1.29, 1.82) is 0 Å². The molecule has 0 saturated carbocycles. The molecule has 0 bridgehead atoms.